The predicted octanol–water partition coefficient (Wildman–Crippen LogP) is 0.355. The normalized spacial score (nSPS) is 14.7. The minimum absolute atomic E-state index is 0.0586. The first-order chi connectivity index (χ1) is 12.6. The quantitative estimate of drug-likeness (QED) is 0.470. The van der Waals surface area contributed by atoms with E-state index in [1.54, 1.807) is 0 Å². The molecule has 1 aromatic rings. The van der Waals surface area contributed by atoms with Gasteiger partial charge in [-0.1, -0.05) is 19.3 Å². The van der Waals surface area contributed by atoms with Crippen LogP contribution in [0.1, 0.15) is 59.6 Å². The largest absolute Gasteiger partial charge is 0.378 e. The fraction of sp³-hybridized carbons (Fsp3) is 0.647. The number of ether oxygens (including phenoxy) is 1. The lowest BCUT2D eigenvalue weighted by Crippen LogP contribution is -2.35. The molecule has 1 saturated carbocycles. The number of hydrogen-bond donors (Lipinski definition) is 4. The molecule has 26 heavy (non-hydrogen) atoms. The summed E-state index contributed by atoms with van der Waals surface area (Å²) in [6.07, 6.45) is 8.37. The summed E-state index contributed by atoms with van der Waals surface area (Å²) in [6, 6.07) is 0. The van der Waals surface area contributed by atoms with E-state index in [1.807, 2.05) is 0 Å². The number of carbonyl (C=O) groups excluding carboxylic acids is 3. The molecule has 9 heteroatoms. The van der Waals surface area contributed by atoms with E-state index in [1.165, 1.54) is 32.5 Å². The number of nitrogens with one attached hydrogen (secondary N) is 4. The third-order valence-electron chi connectivity index (χ3n) is 4.24. The van der Waals surface area contributed by atoms with Crippen LogP contribution in [-0.2, 0) is 9.53 Å². The summed E-state index contributed by atoms with van der Waals surface area (Å²) in [4.78, 5) is 41.5. The lowest BCUT2D eigenvalue weighted by atomic mass is 9.98. The van der Waals surface area contributed by atoms with Gasteiger partial charge in [0.1, 0.15) is 5.69 Å². The molecule has 1 aromatic heterocycles. The minimum Gasteiger partial charge on any atom is -0.378 e. The molecule has 0 unspecified atom stereocenters. The molecule has 144 valence electrons. The molecular weight excluding hydrogens is 338 g/mol. The van der Waals surface area contributed by atoms with E-state index in [0.29, 0.717) is 19.3 Å². The van der Waals surface area contributed by atoms with Crippen molar-refractivity contribution in [3.63, 3.8) is 0 Å². The molecular formula is C17H27N5O4. The molecule has 1 aliphatic carbocycles. The van der Waals surface area contributed by atoms with Gasteiger partial charge in [-0.25, -0.2) is 4.98 Å². The monoisotopic (exact) mass is 365 g/mol. The van der Waals surface area contributed by atoms with Crippen molar-refractivity contribution in [3.8, 4) is 0 Å². The summed E-state index contributed by atoms with van der Waals surface area (Å²) < 4.78 is 5.80. The van der Waals surface area contributed by atoms with Gasteiger partial charge in [0.2, 0.25) is 5.91 Å². The van der Waals surface area contributed by atoms with Gasteiger partial charge in [-0.15, -0.1) is 0 Å². The average Bonchev–Trinajstić information content (AvgIpc) is 3.16. The van der Waals surface area contributed by atoms with Gasteiger partial charge < -0.3 is 25.7 Å². The van der Waals surface area contributed by atoms with Crippen molar-refractivity contribution in [2.45, 2.75) is 44.6 Å². The maximum atomic E-state index is 12.0. The first-order valence-corrected chi connectivity index (χ1v) is 9.03. The van der Waals surface area contributed by atoms with Crippen LogP contribution in [0.3, 0.4) is 0 Å². The molecule has 2 rings (SSSR count). The van der Waals surface area contributed by atoms with Crippen LogP contribution < -0.4 is 16.0 Å². The number of hydrogen-bond acceptors (Lipinski definition) is 5. The van der Waals surface area contributed by atoms with Crippen molar-refractivity contribution in [1.29, 1.82) is 0 Å². The van der Waals surface area contributed by atoms with E-state index in [2.05, 4.69) is 25.9 Å². The third-order valence-corrected chi connectivity index (χ3v) is 4.24. The average molecular weight is 365 g/mol. The molecule has 3 amide bonds. The van der Waals surface area contributed by atoms with E-state index in [-0.39, 0.29) is 29.9 Å². The third kappa shape index (κ3) is 6.47. The molecule has 0 bridgehead atoms. The van der Waals surface area contributed by atoms with Crippen molar-refractivity contribution in [2.24, 2.45) is 0 Å². The van der Waals surface area contributed by atoms with Crippen molar-refractivity contribution < 1.29 is 19.1 Å². The van der Waals surface area contributed by atoms with Crippen molar-refractivity contribution in [2.75, 3.05) is 26.7 Å². The van der Waals surface area contributed by atoms with Gasteiger partial charge in [0.15, 0.2) is 5.82 Å². The lowest BCUT2D eigenvalue weighted by Gasteiger charge is -2.21. The van der Waals surface area contributed by atoms with Crippen LogP contribution >= 0.6 is 0 Å². The summed E-state index contributed by atoms with van der Waals surface area (Å²) in [7, 11) is 1.48. The molecule has 9 nitrogen and oxygen atoms in total. The summed E-state index contributed by atoms with van der Waals surface area (Å²) >= 11 is 0. The van der Waals surface area contributed by atoms with Crippen LogP contribution in [0.4, 0.5) is 0 Å². The molecule has 4 N–H and O–H groups in total. The Labute approximate surface area is 152 Å². The molecule has 0 spiro atoms. The Balaban J connectivity index is 1.65. The zero-order chi connectivity index (χ0) is 18.8. The summed E-state index contributed by atoms with van der Waals surface area (Å²) in [5, 5.41) is 7.56. The topological polar surface area (TPSA) is 125 Å². The number of aromatic amines is 1. The predicted molar refractivity (Wildman–Crippen MR) is 94.8 cm³/mol. The molecule has 1 heterocycles. The Morgan fingerprint density at radius 3 is 2.69 bits per heavy atom. The number of imidazole rings is 1. The van der Waals surface area contributed by atoms with Gasteiger partial charge in [-0.05, 0) is 19.3 Å². The number of amides is 3. The maximum Gasteiger partial charge on any atom is 0.287 e. The second kappa shape index (κ2) is 10.5. The molecule has 0 radical (unpaired) electrons. The first-order valence-electron chi connectivity index (χ1n) is 9.03. The highest BCUT2D eigenvalue weighted by molar-refractivity contribution is 5.97. The van der Waals surface area contributed by atoms with E-state index < -0.39 is 5.91 Å². The van der Waals surface area contributed by atoms with Gasteiger partial charge >= 0.3 is 0 Å². The van der Waals surface area contributed by atoms with E-state index in [9.17, 15) is 14.4 Å². The minimum atomic E-state index is -0.499. The summed E-state index contributed by atoms with van der Waals surface area (Å²) in [5.74, 6) is -1.14. The van der Waals surface area contributed by atoms with Crippen LogP contribution in [-0.4, -0.2) is 60.5 Å². The smallest absolute Gasteiger partial charge is 0.287 e. The Morgan fingerprint density at radius 2 is 1.96 bits per heavy atom. The lowest BCUT2D eigenvalue weighted by molar-refractivity contribution is -0.119. The van der Waals surface area contributed by atoms with E-state index in [0.717, 1.165) is 19.3 Å². The number of rotatable bonds is 9. The van der Waals surface area contributed by atoms with Crippen molar-refractivity contribution in [1.82, 2.24) is 25.9 Å². The van der Waals surface area contributed by atoms with Gasteiger partial charge in [-0.2, -0.15) is 0 Å². The fourth-order valence-corrected chi connectivity index (χ4v) is 2.74. The number of H-pyrrole nitrogens is 1. The number of likely N-dealkylation sites (N-methyl/N-ethyl adjacent to an activating group) is 1. The Hall–Kier alpha value is -2.42. The second-order valence-electron chi connectivity index (χ2n) is 6.24. The zero-order valence-corrected chi connectivity index (χ0v) is 15.1. The van der Waals surface area contributed by atoms with Gasteiger partial charge in [0.25, 0.3) is 11.8 Å². The van der Waals surface area contributed by atoms with Gasteiger partial charge in [-0.3, -0.25) is 14.4 Å². The SMILES string of the molecule is CNC(=O)CNC(=O)c1cnc(C(=O)NCCCOC2CCCCC2)[nH]1. The van der Waals surface area contributed by atoms with Crippen molar-refractivity contribution >= 4 is 17.7 Å². The molecule has 0 saturated heterocycles. The number of nitrogens with zero attached hydrogens (tertiary/aromatic N) is 1. The number of carbonyl (C=O) groups is 3. The van der Waals surface area contributed by atoms with Crippen LogP contribution in [0, 0.1) is 0 Å². The molecule has 0 aromatic carbocycles. The summed E-state index contributed by atoms with van der Waals surface area (Å²) in [6.45, 7) is 0.956. The first kappa shape index (κ1) is 19.9. The molecule has 1 fully saturated rings. The molecule has 1 aliphatic rings. The van der Waals surface area contributed by atoms with E-state index in [4.69, 9.17) is 4.74 Å². The van der Waals surface area contributed by atoms with Gasteiger partial charge in [0, 0.05) is 20.2 Å². The Bertz CT molecular complexity index is 610. The van der Waals surface area contributed by atoms with Crippen LogP contribution in [0.5, 0.6) is 0 Å². The summed E-state index contributed by atoms with van der Waals surface area (Å²) in [5.41, 5.74) is 0.125. The highest BCUT2D eigenvalue weighted by Gasteiger charge is 2.15. The Kier molecular flexibility index (Phi) is 8.07. The van der Waals surface area contributed by atoms with Crippen LogP contribution in [0.25, 0.3) is 0 Å². The fourth-order valence-electron chi connectivity index (χ4n) is 2.74. The Morgan fingerprint density at radius 1 is 1.19 bits per heavy atom. The van der Waals surface area contributed by atoms with E-state index >= 15 is 0 Å². The van der Waals surface area contributed by atoms with Crippen LogP contribution in [0.2, 0.25) is 0 Å². The maximum absolute atomic E-state index is 12.0. The second-order valence-corrected chi connectivity index (χ2v) is 6.24. The molecule has 0 aliphatic heterocycles. The molecule has 0 atom stereocenters. The highest BCUT2D eigenvalue weighted by Crippen LogP contribution is 2.20. The number of aromatic nitrogens is 2. The van der Waals surface area contributed by atoms with Gasteiger partial charge in [0.05, 0.1) is 18.8 Å². The zero-order valence-electron chi connectivity index (χ0n) is 15.1. The van der Waals surface area contributed by atoms with Crippen molar-refractivity contribution in [3.05, 3.63) is 17.7 Å². The highest BCUT2D eigenvalue weighted by atomic mass is 16.5. The standard InChI is InChI=1S/C17H27N5O4/c1-18-14(23)11-21-16(24)13-10-20-15(22-13)17(25)19-8-5-9-26-12-6-3-2-4-7-12/h10,12H,2-9,11H2,1H3,(H,18,23)(H,19,25)(H,20,22)(H,21,24). The van der Waals surface area contributed by atoms with Crippen LogP contribution in [0.15, 0.2) is 6.20 Å².